The van der Waals surface area contributed by atoms with Crippen molar-refractivity contribution in [2.75, 3.05) is 0 Å². The van der Waals surface area contributed by atoms with Gasteiger partial charge in [0.2, 0.25) is 0 Å². The maximum absolute atomic E-state index is 12.8. The number of nitrogens with zero attached hydrogens (tertiary/aromatic N) is 6. The van der Waals surface area contributed by atoms with E-state index in [2.05, 4.69) is 59.7 Å². The number of hydrogen-bond donors (Lipinski definition) is 1. The van der Waals surface area contributed by atoms with Crippen molar-refractivity contribution in [3.8, 4) is 17.2 Å². The Hall–Kier alpha value is -5.30. The number of aromatic nitrogens is 6. The highest BCUT2D eigenvalue weighted by atomic mass is 79.9. The zero-order valence-electron chi connectivity index (χ0n) is 32.9. The Bertz CT molecular complexity index is 2500. The summed E-state index contributed by atoms with van der Waals surface area (Å²) in [5, 5.41) is 9.90. The van der Waals surface area contributed by atoms with Crippen LogP contribution in [0.5, 0.6) is 17.2 Å². The number of ether oxygens (including phenoxy) is 1. The molecule has 0 aliphatic heterocycles. The predicted molar refractivity (Wildman–Crippen MR) is 223 cm³/mol. The van der Waals surface area contributed by atoms with Gasteiger partial charge in [-0.1, -0.05) is 78.6 Å². The number of rotatable bonds is 10. The van der Waals surface area contributed by atoms with Gasteiger partial charge in [-0.25, -0.2) is 19.6 Å². The van der Waals surface area contributed by atoms with Crippen molar-refractivity contribution in [2.45, 2.75) is 92.2 Å². The van der Waals surface area contributed by atoms with E-state index in [0.717, 1.165) is 30.2 Å². The third-order valence-corrected chi connectivity index (χ3v) is 9.50. The molecule has 13 heteroatoms. The highest BCUT2D eigenvalue weighted by Crippen LogP contribution is 2.26. The van der Waals surface area contributed by atoms with Gasteiger partial charge in [0.25, 0.3) is 11.1 Å². The Labute approximate surface area is 328 Å². The molecule has 0 unspecified atom stereocenters. The molecule has 4 aromatic heterocycles. The lowest BCUT2D eigenvalue weighted by Gasteiger charge is -2.12. The lowest BCUT2D eigenvalue weighted by molar-refractivity contribution is 0.474. The molecule has 0 saturated carbocycles. The minimum Gasteiger partial charge on any atom is -0.508 e. The fourth-order valence-electron chi connectivity index (χ4n) is 5.77. The lowest BCUT2D eigenvalue weighted by Crippen LogP contribution is -2.39. The molecule has 6 rings (SSSR count). The largest absolute Gasteiger partial charge is 0.508 e. The molecule has 2 aromatic carbocycles. The first-order valence-electron chi connectivity index (χ1n) is 18.6. The van der Waals surface area contributed by atoms with Crippen LogP contribution in [0.25, 0.3) is 22.1 Å². The minimum atomic E-state index is -0.341. The van der Waals surface area contributed by atoms with Gasteiger partial charge < -0.3 is 9.84 Å². The van der Waals surface area contributed by atoms with E-state index in [-0.39, 0.29) is 22.5 Å². The fourth-order valence-corrected chi connectivity index (χ4v) is 6.10. The summed E-state index contributed by atoms with van der Waals surface area (Å²) < 4.78 is 12.0. The molecule has 0 atom stereocenters. The summed E-state index contributed by atoms with van der Waals surface area (Å²) in [4.78, 5) is 58.0. The van der Waals surface area contributed by atoms with Crippen LogP contribution in [0.3, 0.4) is 0 Å². The maximum atomic E-state index is 12.8. The zero-order valence-corrected chi connectivity index (χ0v) is 34.5. The van der Waals surface area contributed by atoms with Crippen LogP contribution >= 0.6 is 15.9 Å². The van der Waals surface area contributed by atoms with Crippen molar-refractivity contribution >= 4 is 38.0 Å². The number of aromatic hydroxyl groups is 1. The number of unbranched alkanes of at least 4 members (excludes halogenated alkanes) is 2. The molecule has 0 radical (unpaired) electrons. The molecule has 12 nitrogen and oxygen atoms in total. The highest BCUT2D eigenvalue weighted by Gasteiger charge is 2.14. The second-order valence-electron chi connectivity index (χ2n) is 13.9. The van der Waals surface area contributed by atoms with Gasteiger partial charge in [-0.2, -0.15) is 0 Å². The standard InChI is InChI=1S/C21H25N3O3.C12H14BrN3O2.C9H12O/c1-5-6-10-24-20(25)18-12-17(13-22-19(18)23(4)21(24)26)27-16-9-7-8-15(11-16)14(2)3;1-3-4-5-16-11(17)9-6-8(13)7-14-10(9)15(2)12(16)18;1-7(2)8-4-3-5-9(10)6-8/h7-9,11-14H,5-6,10H2,1-4H3;6-7H,3-5H2,1-2H3;3-7,10H,1-2H3. The molecule has 55 heavy (non-hydrogen) atoms. The van der Waals surface area contributed by atoms with Crippen LogP contribution in [0, 0.1) is 0 Å². The van der Waals surface area contributed by atoms with Gasteiger partial charge in [0.05, 0.1) is 17.0 Å². The van der Waals surface area contributed by atoms with Gasteiger partial charge in [-0.05, 0) is 88.1 Å². The Morgan fingerprint density at radius 2 is 1.16 bits per heavy atom. The molecule has 0 spiro atoms. The molecule has 6 aromatic rings. The van der Waals surface area contributed by atoms with Gasteiger partial charge in [-0.15, -0.1) is 0 Å². The van der Waals surface area contributed by atoms with Crippen molar-refractivity contribution in [1.29, 1.82) is 0 Å². The van der Waals surface area contributed by atoms with E-state index in [4.69, 9.17) is 9.84 Å². The Balaban J connectivity index is 0.000000205. The van der Waals surface area contributed by atoms with Crippen LogP contribution in [0.1, 0.15) is 90.2 Å². The SMILES string of the molecule is CC(C)c1cccc(O)c1.CCCCn1c(=O)c2cc(Br)cnc2n(C)c1=O.CCCCn1c(=O)c2cc(Oc3cccc(C(C)C)c3)cnc2n(C)c1=O. The summed E-state index contributed by atoms with van der Waals surface area (Å²) in [5.74, 6) is 2.40. The second-order valence-corrected chi connectivity index (χ2v) is 14.9. The van der Waals surface area contributed by atoms with E-state index >= 15 is 0 Å². The third kappa shape index (κ3) is 10.5. The van der Waals surface area contributed by atoms with Crippen LogP contribution in [-0.2, 0) is 27.2 Å². The molecule has 0 fully saturated rings. The van der Waals surface area contributed by atoms with Crippen LogP contribution in [0.4, 0.5) is 0 Å². The van der Waals surface area contributed by atoms with Gasteiger partial charge in [0.1, 0.15) is 28.5 Å². The summed E-state index contributed by atoms with van der Waals surface area (Å²) in [6.45, 7) is 13.4. The zero-order chi connectivity index (χ0) is 40.4. The number of phenolic OH excluding ortho intramolecular Hbond substituents is 1. The normalized spacial score (nSPS) is 11.0. The predicted octanol–water partition coefficient (Wildman–Crippen LogP) is 7.98. The van der Waals surface area contributed by atoms with Crippen LogP contribution in [-0.4, -0.2) is 33.3 Å². The number of benzene rings is 2. The van der Waals surface area contributed by atoms with Crippen LogP contribution in [0.2, 0.25) is 0 Å². The number of phenols is 1. The average Bonchev–Trinajstić information content (AvgIpc) is 3.17. The quantitative estimate of drug-likeness (QED) is 0.147. The van der Waals surface area contributed by atoms with Crippen molar-refractivity contribution in [3.63, 3.8) is 0 Å². The van der Waals surface area contributed by atoms with Gasteiger partial charge in [-0.3, -0.25) is 27.9 Å². The minimum absolute atomic E-state index is 0.268. The van der Waals surface area contributed by atoms with Gasteiger partial charge >= 0.3 is 11.4 Å². The number of halogens is 1. The van der Waals surface area contributed by atoms with E-state index in [1.807, 2.05) is 44.2 Å². The molecule has 292 valence electrons. The molecule has 0 bridgehead atoms. The summed E-state index contributed by atoms with van der Waals surface area (Å²) >= 11 is 3.29. The first-order valence-corrected chi connectivity index (χ1v) is 19.4. The second kappa shape index (κ2) is 19.3. The first kappa shape index (κ1) is 42.4. The van der Waals surface area contributed by atoms with Crippen LogP contribution in [0.15, 0.2) is 96.7 Å². The number of fused-ring (bicyclic) bond motifs is 2. The number of hydrogen-bond acceptors (Lipinski definition) is 8. The highest BCUT2D eigenvalue weighted by molar-refractivity contribution is 9.10. The van der Waals surface area contributed by atoms with Crippen molar-refractivity contribution in [1.82, 2.24) is 28.2 Å². The van der Waals surface area contributed by atoms with Crippen molar-refractivity contribution < 1.29 is 9.84 Å². The molecule has 0 aliphatic carbocycles. The van der Waals surface area contributed by atoms with Crippen molar-refractivity contribution in [2.24, 2.45) is 14.1 Å². The Kier molecular flexibility index (Phi) is 14.9. The van der Waals surface area contributed by atoms with E-state index in [9.17, 15) is 19.2 Å². The van der Waals surface area contributed by atoms with Gasteiger partial charge in [0.15, 0.2) is 0 Å². The monoisotopic (exact) mass is 814 g/mol. The van der Waals surface area contributed by atoms with E-state index < -0.39 is 0 Å². The van der Waals surface area contributed by atoms with E-state index in [1.54, 1.807) is 50.8 Å². The summed E-state index contributed by atoms with van der Waals surface area (Å²) in [6, 6.07) is 18.6. The lowest BCUT2D eigenvalue weighted by atomic mass is 10.0. The molecule has 0 saturated heterocycles. The van der Waals surface area contributed by atoms with Crippen molar-refractivity contribution in [3.05, 3.63) is 130 Å². The molecular formula is C42H51BrN6O6. The molecular weight excluding hydrogens is 764 g/mol. The molecule has 1 N–H and O–H groups in total. The maximum Gasteiger partial charge on any atom is 0.332 e. The van der Waals surface area contributed by atoms with Crippen LogP contribution < -0.4 is 27.2 Å². The average molecular weight is 816 g/mol. The third-order valence-electron chi connectivity index (χ3n) is 9.06. The summed E-state index contributed by atoms with van der Waals surface area (Å²) in [5.41, 5.74) is 1.89. The smallest absolute Gasteiger partial charge is 0.332 e. The summed E-state index contributed by atoms with van der Waals surface area (Å²) in [7, 11) is 3.26. The topological polar surface area (TPSA) is 143 Å². The number of aryl methyl sites for hydroxylation is 2. The fraction of sp³-hybridized carbons (Fsp3) is 0.381. The van der Waals surface area contributed by atoms with E-state index in [1.165, 1.54) is 29.4 Å². The van der Waals surface area contributed by atoms with E-state index in [0.29, 0.717) is 64.2 Å². The molecule has 0 aliphatic rings. The Morgan fingerprint density at radius 3 is 1.65 bits per heavy atom. The first-order chi connectivity index (χ1) is 26.2. The molecule has 4 heterocycles. The Morgan fingerprint density at radius 1 is 0.673 bits per heavy atom. The van der Waals surface area contributed by atoms with Gasteiger partial charge in [0, 0.05) is 37.9 Å². The number of pyridine rings is 2. The molecule has 0 amide bonds. The summed E-state index contributed by atoms with van der Waals surface area (Å²) in [6.07, 6.45) is 6.54.